The van der Waals surface area contributed by atoms with Crippen molar-refractivity contribution in [1.29, 1.82) is 0 Å². The number of ketones is 1. The summed E-state index contributed by atoms with van der Waals surface area (Å²) in [6.07, 6.45) is 1.62. The van der Waals surface area contributed by atoms with Gasteiger partial charge in [-0.15, -0.1) is 0 Å². The van der Waals surface area contributed by atoms with Gasteiger partial charge in [0, 0.05) is 17.1 Å². The Hall–Kier alpha value is -4.59. The lowest BCUT2D eigenvalue weighted by molar-refractivity contribution is -0.130. The summed E-state index contributed by atoms with van der Waals surface area (Å²) in [5.74, 6) is -0.979. The molecule has 1 atom stereocenters. The van der Waals surface area contributed by atoms with Gasteiger partial charge in [0.15, 0.2) is 22.9 Å². The molecular formula is C27H22N2O6. The summed E-state index contributed by atoms with van der Waals surface area (Å²) >= 11 is 0. The van der Waals surface area contributed by atoms with Crippen molar-refractivity contribution in [3.05, 3.63) is 101 Å². The molecule has 1 unspecified atom stereocenters. The first-order valence-electron chi connectivity index (χ1n) is 10.9. The number of nitrogens with zero attached hydrogens (tertiary/aromatic N) is 2. The number of carbonyl (C=O) groups excluding carboxylic acids is 2. The fourth-order valence-electron chi connectivity index (χ4n) is 4.37. The Morgan fingerprint density at radius 1 is 1.03 bits per heavy atom. The van der Waals surface area contributed by atoms with Crippen molar-refractivity contribution in [3.8, 4) is 11.5 Å². The molecule has 2 aromatic heterocycles. The lowest BCUT2D eigenvalue weighted by Gasteiger charge is -2.27. The summed E-state index contributed by atoms with van der Waals surface area (Å²) in [4.78, 5) is 32.7. The minimum Gasteiger partial charge on any atom is -0.503 e. The molecule has 176 valence electrons. The predicted octanol–water partition coefficient (Wildman–Crippen LogP) is 4.62. The van der Waals surface area contributed by atoms with Crippen LogP contribution in [0, 0.1) is 0 Å². The number of carbonyl (C=O) groups is 2. The Bertz CT molecular complexity index is 1460. The molecule has 0 saturated carbocycles. The Morgan fingerprint density at radius 2 is 1.77 bits per heavy atom. The first-order valence-corrected chi connectivity index (χ1v) is 10.9. The zero-order valence-electron chi connectivity index (χ0n) is 19.1. The van der Waals surface area contributed by atoms with Crippen LogP contribution < -0.4 is 9.47 Å². The van der Waals surface area contributed by atoms with Gasteiger partial charge in [0.25, 0.3) is 5.91 Å². The first-order chi connectivity index (χ1) is 17.0. The third-order valence-electron chi connectivity index (χ3n) is 5.99. The smallest absolute Gasteiger partial charge is 0.290 e. The van der Waals surface area contributed by atoms with Gasteiger partial charge in [-0.05, 0) is 30.3 Å². The molecule has 0 radical (unpaired) electrons. The zero-order chi connectivity index (χ0) is 24.5. The summed E-state index contributed by atoms with van der Waals surface area (Å²) in [6, 6.07) is 18.4. The van der Waals surface area contributed by atoms with E-state index in [-0.39, 0.29) is 17.9 Å². The van der Waals surface area contributed by atoms with Gasteiger partial charge in [-0.1, -0.05) is 36.4 Å². The highest BCUT2D eigenvalue weighted by atomic mass is 16.5. The summed E-state index contributed by atoms with van der Waals surface area (Å²) < 4.78 is 16.7. The number of benzene rings is 2. The van der Waals surface area contributed by atoms with Gasteiger partial charge >= 0.3 is 0 Å². The van der Waals surface area contributed by atoms with E-state index in [9.17, 15) is 14.7 Å². The van der Waals surface area contributed by atoms with Crippen LogP contribution in [-0.4, -0.2) is 40.9 Å². The Labute approximate surface area is 201 Å². The van der Waals surface area contributed by atoms with Crippen LogP contribution in [-0.2, 0) is 11.3 Å². The number of aromatic nitrogens is 1. The van der Waals surface area contributed by atoms with E-state index in [0.29, 0.717) is 33.7 Å². The van der Waals surface area contributed by atoms with Crippen molar-refractivity contribution in [2.75, 3.05) is 14.2 Å². The molecule has 0 saturated heterocycles. The molecule has 1 amide bonds. The van der Waals surface area contributed by atoms with Gasteiger partial charge < -0.3 is 23.9 Å². The van der Waals surface area contributed by atoms with Crippen LogP contribution in [0.2, 0.25) is 0 Å². The van der Waals surface area contributed by atoms with E-state index in [4.69, 9.17) is 13.9 Å². The van der Waals surface area contributed by atoms with Crippen LogP contribution in [0.15, 0.2) is 88.7 Å². The third-order valence-corrected chi connectivity index (χ3v) is 5.99. The van der Waals surface area contributed by atoms with Crippen molar-refractivity contribution in [2.24, 2.45) is 0 Å². The van der Waals surface area contributed by atoms with Crippen LogP contribution in [0.4, 0.5) is 0 Å². The van der Waals surface area contributed by atoms with Crippen LogP contribution in [0.5, 0.6) is 11.5 Å². The zero-order valence-corrected chi connectivity index (χ0v) is 19.1. The second-order valence-corrected chi connectivity index (χ2v) is 7.98. The van der Waals surface area contributed by atoms with Gasteiger partial charge in [0.05, 0.1) is 38.1 Å². The number of aliphatic hydroxyl groups excluding tert-OH is 1. The van der Waals surface area contributed by atoms with Gasteiger partial charge in [-0.2, -0.15) is 0 Å². The molecule has 3 heterocycles. The monoisotopic (exact) mass is 470 g/mol. The molecule has 35 heavy (non-hydrogen) atoms. The van der Waals surface area contributed by atoms with Gasteiger partial charge in [-0.3, -0.25) is 14.6 Å². The van der Waals surface area contributed by atoms with Crippen molar-refractivity contribution in [1.82, 2.24) is 9.88 Å². The van der Waals surface area contributed by atoms with E-state index in [0.717, 1.165) is 0 Å². The molecule has 1 aliphatic rings. The minimum absolute atomic E-state index is 0.0153. The molecule has 2 aromatic carbocycles. The van der Waals surface area contributed by atoms with Crippen molar-refractivity contribution in [2.45, 2.75) is 12.6 Å². The summed E-state index contributed by atoms with van der Waals surface area (Å²) in [5.41, 5.74) is 1.48. The summed E-state index contributed by atoms with van der Waals surface area (Å²) in [7, 11) is 3.02. The van der Waals surface area contributed by atoms with E-state index in [1.165, 1.54) is 19.1 Å². The fraction of sp³-hybridized carbons (Fsp3) is 0.148. The number of pyridine rings is 1. The minimum atomic E-state index is -0.914. The van der Waals surface area contributed by atoms with Gasteiger partial charge in [-0.25, -0.2) is 0 Å². The fourth-order valence-corrected chi connectivity index (χ4v) is 4.37. The second kappa shape index (κ2) is 8.98. The van der Waals surface area contributed by atoms with Crippen LogP contribution >= 0.6 is 0 Å². The molecule has 5 rings (SSSR count). The highest BCUT2D eigenvalue weighted by molar-refractivity contribution is 6.16. The second-order valence-electron chi connectivity index (χ2n) is 7.98. The largest absolute Gasteiger partial charge is 0.503 e. The lowest BCUT2D eigenvalue weighted by Crippen LogP contribution is -2.31. The maximum Gasteiger partial charge on any atom is 0.290 e. The Balaban J connectivity index is 1.64. The number of hydrogen-bond acceptors (Lipinski definition) is 7. The van der Waals surface area contributed by atoms with E-state index < -0.39 is 23.5 Å². The quantitative estimate of drug-likeness (QED) is 0.393. The lowest BCUT2D eigenvalue weighted by atomic mass is 9.94. The van der Waals surface area contributed by atoms with Crippen LogP contribution in [0.25, 0.3) is 11.0 Å². The molecule has 1 N–H and O–H groups in total. The number of hydrogen-bond donors (Lipinski definition) is 1. The number of ether oxygens (including phenoxy) is 2. The molecule has 4 aromatic rings. The van der Waals surface area contributed by atoms with Crippen molar-refractivity contribution < 1.29 is 28.6 Å². The highest BCUT2D eigenvalue weighted by Crippen LogP contribution is 2.43. The van der Waals surface area contributed by atoms with Crippen molar-refractivity contribution >= 4 is 22.7 Å². The maximum absolute atomic E-state index is 13.8. The number of aliphatic hydroxyl groups is 1. The standard InChI is InChI=1S/C27H22N2O6/c1-33-19-11-4-3-10-18(19)23-22(25(31)27(32)29(23)15-17-9-5-6-13-28-17)24(30)21-14-16-8-7-12-20(34-2)26(16)35-21/h3-14,23,31H,15H2,1-2H3. The normalized spacial score (nSPS) is 15.7. The molecule has 0 spiro atoms. The Morgan fingerprint density at radius 3 is 2.51 bits per heavy atom. The van der Waals surface area contributed by atoms with Crippen LogP contribution in [0.1, 0.15) is 27.9 Å². The maximum atomic E-state index is 13.8. The van der Waals surface area contributed by atoms with E-state index in [1.807, 2.05) is 6.07 Å². The average Bonchev–Trinajstić information content (AvgIpc) is 3.44. The summed E-state index contributed by atoms with van der Waals surface area (Å²) in [6.45, 7) is 0.0805. The number of Topliss-reactive ketones (excluding diaryl/α,β-unsaturated/α-hetero) is 1. The number of rotatable bonds is 7. The number of furan rings is 1. The number of fused-ring (bicyclic) bond motifs is 1. The molecule has 8 nitrogen and oxygen atoms in total. The number of methoxy groups -OCH3 is 2. The van der Waals surface area contributed by atoms with Crippen LogP contribution in [0.3, 0.4) is 0 Å². The molecule has 1 aliphatic heterocycles. The molecule has 0 bridgehead atoms. The molecular weight excluding hydrogens is 448 g/mol. The van der Waals surface area contributed by atoms with E-state index >= 15 is 0 Å². The third kappa shape index (κ3) is 3.78. The van der Waals surface area contributed by atoms with Gasteiger partial charge in [0.2, 0.25) is 5.78 Å². The topological polar surface area (TPSA) is 102 Å². The molecule has 0 aliphatic carbocycles. The van der Waals surface area contributed by atoms with E-state index in [2.05, 4.69) is 4.98 Å². The highest BCUT2D eigenvalue weighted by Gasteiger charge is 2.45. The number of amides is 1. The Kier molecular flexibility index (Phi) is 5.70. The number of para-hydroxylation sites is 2. The van der Waals surface area contributed by atoms with Gasteiger partial charge in [0.1, 0.15) is 5.75 Å². The molecule has 8 heteroatoms. The summed E-state index contributed by atoms with van der Waals surface area (Å²) in [5, 5.41) is 11.6. The predicted molar refractivity (Wildman–Crippen MR) is 127 cm³/mol. The first kappa shape index (κ1) is 22.2. The molecule has 0 fully saturated rings. The van der Waals surface area contributed by atoms with Crippen molar-refractivity contribution in [3.63, 3.8) is 0 Å². The average molecular weight is 470 g/mol. The van der Waals surface area contributed by atoms with E-state index in [1.54, 1.807) is 66.9 Å². The SMILES string of the molecule is COc1ccccc1C1C(C(=O)c2cc3cccc(OC)c3o2)=C(O)C(=O)N1Cc1ccccn1.